The second-order valence-corrected chi connectivity index (χ2v) is 4.62. The van der Waals surface area contributed by atoms with Gasteiger partial charge in [0.1, 0.15) is 11.4 Å². The Morgan fingerprint density at radius 2 is 2.29 bits per heavy atom. The average Bonchev–Trinajstić information content (AvgIpc) is 2.79. The Morgan fingerprint density at radius 3 is 2.94 bits per heavy atom. The molecule has 0 aliphatic carbocycles. The molecule has 1 saturated heterocycles. The van der Waals surface area contributed by atoms with Crippen LogP contribution in [0.1, 0.15) is 51.2 Å². The maximum absolute atomic E-state index is 11.3. The van der Waals surface area contributed by atoms with E-state index in [1.165, 1.54) is 0 Å². The number of ketones is 1. The van der Waals surface area contributed by atoms with Crippen LogP contribution in [0.5, 0.6) is 0 Å². The van der Waals surface area contributed by atoms with Gasteiger partial charge >= 0.3 is 0 Å². The van der Waals surface area contributed by atoms with Gasteiger partial charge < -0.3 is 9.26 Å². The van der Waals surface area contributed by atoms with Gasteiger partial charge in [0.25, 0.3) is 0 Å². The summed E-state index contributed by atoms with van der Waals surface area (Å²) in [5.74, 6) is 1.06. The van der Waals surface area contributed by atoms with E-state index in [9.17, 15) is 4.79 Å². The van der Waals surface area contributed by atoms with Gasteiger partial charge in [-0.3, -0.25) is 4.79 Å². The highest BCUT2D eigenvalue weighted by Gasteiger charge is 2.35. The van der Waals surface area contributed by atoms with Gasteiger partial charge in [0.15, 0.2) is 0 Å². The van der Waals surface area contributed by atoms with Crippen LogP contribution in [0.15, 0.2) is 4.52 Å². The lowest BCUT2D eigenvalue weighted by Crippen LogP contribution is -2.31. The van der Waals surface area contributed by atoms with Crippen LogP contribution < -0.4 is 0 Å². The van der Waals surface area contributed by atoms with Gasteiger partial charge in [-0.25, -0.2) is 0 Å². The number of hydrogen-bond acceptors (Lipinski definition) is 5. The Hall–Kier alpha value is -1.23. The number of ether oxygens (including phenoxy) is 1. The molecule has 1 aromatic rings. The van der Waals surface area contributed by atoms with Crippen molar-refractivity contribution in [1.82, 2.24) is 10.1 Å². The third-order valence-corrected chi connectivity index (χ3v) is 3.15. The second-order valence-electron chi connectivity index (χ2n) is 4.62. The molecule has 0 bridgehead atoms. The zero-order valence-electron chi connectivity index (χ0n) is 10.4. The Bertz CT molecular complexity index is 394. The van der Waals surface area contributed by atoms with Crippen molar-refractivity contribution >= 4 is 5.78 Å². The van der Waals surface area contributed by atoms with Gasteiger partial charge in [0, 0.05) is 13.0 Å². The van der Waals surface area contributed by atoms with Gasteiger partial charge in [-0.1, -0.05) is 12.1 Å². The predicted molar refractivity (Wildman–Crippen MR) is 60.5 cm³/mol. The van der Waals surface area contributed by atoms with E-state index < -0.39 is 5.60 Å². The average molecular weight is 238 g/mol. The van der Waals surface area contributed by atoms with E-state index in [2.05, 4.69) is 10.1 Å². The van der Waals surface area contributed by atoms with Crippen LogP contribution >= 0.6 is 0 Å². The number of rotatable bonds is 4. The Kier molecular flexibility index (Phi) is 3.57. The van der Waals surface area contributed by atoms with Crippen molar-refractivity contribution in [1.29, 1.82) is 0 Å². The molecule has 0 saturated carbocycles. The van der Waals surface area contributed by atoms with Crippen molar-refractivity contribution < 1.29 is 14.1 Å². The molecule has 1 aliphatic rings. The van der Waals surface area contributed by atoms with Gasteiger partial charge in [0.05, 0.1) is 6.42 Å². The van der Waals surface area contributed by atoms with Gasteiger partial charge in [-0.05, 0) is 26.2 Å². The standard InChI is InChI=1S/C12H18N2O3/c1-3-9(15)8-10-13-11(14-17-10)12(2)6-4-5-7-16-12/h3-8H2,1-2H3. The van der Waals surface area contributed by atoms with E-state index in [-0.39, 0.29) is 12.2 Å². The molecular weight excluding hydrogens is 220 g/mol. The summed E-state index contributed by atoms with van der Waals surface area (Å²) in [7, 11) is 0. The molecule has 94 valence electrons. The largest absolute Gasteiger partial charge is 0.367 e. The molecule has 0 amide bonds. The van der Waals surface area contributed by atoms with Crippen molar-refractivity contribution in [3.8, 4) is 0 Å². The van der Waals surface area contributed by atoms with Crippen molar-refractivity contribution in [3.63, 3.8) is 0 Å². The quantitative estimate of drug-likeness (QED) is 0.802. The molecule has 0 aromatic carbocycles. The third kappa shape index (κ3) is 2.72. The molecule has 1 unspecified atom stereocenters. The van der Waals surface area contributed by atoms with E-state index in [1.807, 2.05) is 13.8 Å². The molecule has 1 atom stereocenters. The zero-order valence-corrected chi connectivity index (χ0v) is 10.4. The van der Waals surface area contributed by atoms with Crippen molar-refractivity contribution in [3.05, 3.63) is 11.7 Å². The number of Topliss-reactive ketones (excluding diaryl/α,β-unsaturated/α-hetero) is 1. The lowest BCUT2D eigenvalue weighted by atomic mass is 9.95. The van der Waals surface area contributed by atoms with Gasteiger partial charge in [-0.2, -0.15) is 4.98 Å². The first-order chi connectivity index (χ1) is 8.14. The first-order valence-corrected chi connectivity index (χ1v) is 6.13. The summed E-state index contributed by atoms with van der Waals surface area (Å²) in [4.78, 5) is 15.6. The number of carbonyl (C=O) groups is 1. The molecule has 0 N–H and O–H groups in total. The fourth-order valence-electron chi connectivity index (χ4n) is 1.95. The van der Waals surface area contributed by atoms with Gasteiger partial charge in [0.2, 0.25) is 11.7 Å². The minimum Gasteiger partial charge on any atom is -0.367 e. The topological polar surface area (TPSA) is 65.2 Å². The highest BCUT2D eigenvalue weighted by atomic mass is 16.5. The number of nitrogens with zero attached hydrogens (tertiary/aromatic N) is 2. The van der Waals surface area contributed by atoms with Crippen LogP contribution in [0.2, 0.25) is 0 Å². The summed E-state index contributed by atoms with van der Waals surface area (Å²) in [6, 6.07) is 0. The van der Waals surface area contributed by atoms with Gasteiger partial charge in [-0.15, -0.1) is 0 Å². The third-order valence-electron chi connectivity index (χ3n) is 3.15. The molecule has 2 heterocycles. The normalized spacial score (nSPS) is 24.8. The molecular formula is C12H18N2O3. The second kappa shape index (κ2) is 4.96. The molecule has 1 fully saturated rings. The molecule has 2 rings (SSSR count). The fraction of sp³-hybridized carbons (Fsp3) is 0.750. The van der Waals surface area contributed by atoms with Crippen molar-refractivity contribution in [2.24, 2.45) is 0 Å². The summed E-state index contributed by atoms with van der Waals surface area (Å²) in [6.45, 7) is 4.53. The van der Waals surface area contributed by atoms with Crippen LogP contribution in [0.4, 0.5) is 0 Å². The summed E-state index contributed by atoms with van der Waals surface area (Å²) < 4.78 is 10.8. The summed E-state index contributed by atoms with van der Waals surface area (Å²) in [5, 5.41) is 3.94. The first kappa shape index (κ1) is 12.2. The number of carbonyl (C=O) groups excluding carboxylic acids is 1. The van der Waals surface area contributed by atoms with E-state index in [0.29, 0.717) is 18.1 Å². The van der Waals surface area contributed by atoms with Crippen molar-refractivity contribution in [2.45, 2.75) is 51.6 Å². The van der Waals surface area contributed by atoms with E-state index in [0.717, 1.165) is 25.9 Å². The molecule has 17 heavy (non-hydrogen) atoms. The van der Waals surface area contributed by atoms with E-state index in [4.69, 9.17) is 9.26 Å². The van der Waals surface area contributed by atoms with Crippen LogP contribution in [0, 0.1) is 0 Å². The number of hydrogen-bond donors (Lipinski definition) is 0. The fourth-order valence-corrected chi connectivity index (χ4v) is 1.95. The monoisotopic (exact) mass is 238 g/mol. The zero-order chi connectivity index (χ0) is 12.3. The molecule has 0 radical (unpaired) electrons. The maximum Gasteiger partial charge on any atom is 0.234 e. The minimum atomic E-state index is -0.449. The SMILES string of the molecule is CCC(=O)Cc1nc(C2(C)CCCCO2)no1. The Balaban J connectivity index is 2.09. The summed E-state index contributed by atoms with van der Waals surface area (Å²) in [5.41, 5.74) is -0.449. The molecule has 1 aromatic heterocycles. The lowest BCUT2D eigenvalue weighted by molar-refractivity contribution is -0.118. The maximum atomic E-state index is 11.3. The summed E-state index contributed by atoms with van der Waals surface area (Å²) >= 11 is 0. The highest BCUT2D eigenvalue weighted by molar-refractivity contribution is 5.79. The minimum absolute atomic E-state index is 0.106. The molecule has 1 aliphatic heterocycles. The van der Waals surface area contributed by atoms with Crippen LogP contribution in [-0.4, -0.2) is 22.5 Å². The predicted octanol–water partition coefficient (Wildman–Crippen LogP) is 2.01. The van der Waals surface area contributed by atoms with E-state index in [1.54, 1.807) is 0 Å². The Labute approximate surface area is 101 Å². The first-order valence-electron chi connectivity index (χ1n) is 6.13. The molecule has 0 spiro atoms. The summed E-state index contributed by atoms with van der Waals surface area (Å²) in [6.07, 6.45) is 3.79. The molecule has 5 nitrogen and oxygen atoms in total. The lowest BCUT2D eigenvalue weighted by Gasteiger charge is -2.30. The molecule has 5 heteroatoms. The van der Waals surface area contributed by atoms with Crippen LogP contribution in [-0.2, 0) is 21.6 Å². The highest BCUT2D eigenvalue weighted by Crippen LogP contribution is 2.32. The van der Waals surface area contributed by atoms with Crippen molar-refractivity contribution in [2.75, 3.05) is 6.61 Å². The smallest absolute Gasteiger partial charge is 0.234 e. The van der Waals surface area contributed by atoms with Crippen LogP contribution in [0.3, 0.4) is 0 Å². The van der Waals surface area contributed by atoms with E-state index >= 15 is 0 Å². The Morgan fingerprint density at radius 1 is 1.47 bits per heavy atom. The van der Waals surface area contributed by atoms with Crippen LogP contribution in [0.25, 0.3) is 0 Å². The number of aromatic nitrogens is 2.